The van der Waals surface area contributed by atoms with Crippen LogP contribution in [0.1, 0.15) is 16.8 Å². The fourth-order valence-electron chi connectivity index (χ4n) is 2.68. The zero-order chi connectivity index (χ0) is 15.7. The molecule has 0 aliphatic rings. The van der Waals surface area contributed by atoms with Crippen molar-refractivity contribution >= 4 is 38.4 Å². The maximum absolute atomic E-state index is 12.4. The molecule has 0 spiro atoms. The number of anilines is 1. The number of carbonyl (C=O) groups excluding carboxylic acids is 1. The van der Waals surface area contributed by atoms with Gasteiger partial charge in [-0.05, 0) is 49.2 Å². The predicted molar refractivity (Wildman–Crippen MR) is 94.2 cm³/mol. The number of amides is 1. The van der Waals surface area contributed by atoms with E-state index in [1.807, 2.05) is 56.3 Å². The number of carbonyl (C=O) groups is 1. The van der Waals surface area contributed by atoms with E-state index in [1.165, 1.54) is 0 Å². The molecule has 3 aromatic rings. The number of aromatic nitrogens is 1. The number of H-pyrrole nitrogens is 1. The summed E-state index contributed by atoms with van der Waals surface area (Å²) in [6.07, 6.45) is 0.366. The molecule has 0 aliphatic heterocycles. The van der Waals surface area contributed by atoms with Gasteiger partial charge in [0.25, 0.3) is 0 Å². The molecule has 1 aromatic heterocycles. The van der Waals surface area contributed by atoms with Crippen molar-refractivity contribution in [3.8, 4) is 0 Å². The third-order valence-electron chi connectivity index (χ3n) is 3.83. The average Bonchev–Trinajstić information content (AvgIpc) is 2.78. The normalized spacial score (nSPS) is 10.9. The molecule has 22 heavy (non-hydrogen) atoms. The first-order valence-electron chi connectivity index (χ1n) is 7.17. The fourth-order valence-corrected chi connectivity index (χ4v) is 3.16. The average molecular weight is 357 g/mol. The van der Waals surface area contributed by atoms with E-state index in [0.717, 1.165) is 37.9 Å². The predicted octanol–water partition coefficient (Wildman–Crippen LogP) is 4.73. The number of rotatable bonds is 3. The van der Waals surface area contributed by atoms with Crippen LogP contribution in [-0.4, -0.2) is 10.9 Å². The lowest BCUT2D eigenvalue weighted by Gasteiger charge is -2.09. The van der Waals surface area contributed by atoms with Crippen molar-refractivity contribution in [2.75, 3.05) is 5.32 Å². The van der Waals surface area contributed by atoms with Crippen molar-refractivity contribution in [3.63, 3.8) is 0 Å². The van der Waals surface area contributed by atoms with E-state index in [2.05, 4.69) is 26.2 Å². The van der Waals surface area contributed by atoms with E-state index < -0.39 is 0 Å². The van der Waals surface area contributed by atoms with E-state index >= 15 is 0 Å². The first-order chi connectivity index (χ1) is 10.5. The third kappa shape index (κ3) is 2.92. The zero-order valence-corrected chi connectivity index (χ0v) is 14.1. The number of aryl methyl sites for hydroxylation is 2. The standard InChI is InChI=1S/C18H17BrN2O/c1-11-9-13(19)7-8-16(11)21-18(22)10-15-12(2)20-17-6-4-3-5-14(15)17/h3-9,20H,10H2,1-2H3,(H,21,22). The van der Waals surface area contributed by atoms with Gasteiger partial charge in [-0.3, -0.25) is 4.79 Å². The van der Waals surface area contributed by atoms with Crippen LogP contribution >= 0.6 is 15.9 Å². The quantitative estimate of drug-likeness (QED) is 0.699. The molecule has 0 fully saturated rings. The number of benzene rings is 2. The van der Waals surface area contributed by atoms with E-state index in [-0.39, 0.29) is 5.91 Å². The highest BCUT2D eigenvalue weighted by molar-refractivity contribution is 9.10. The fraction of sp³-hybridized carbons (Fsp3) is 0.167. The summed E-state index contributed by atoms with van der Waals surface area (Å²) < 4.78 is 1.01. The second kappa shape index (κ2) is 5.97. The summed E-state index contributed by atoms with van der Waals surface area (Å²) in [5.41, 5.74) is 5.07. The highest BCUT2D eigenvalue weighted by Crippen LogP contribution is 2.24. The van der Waals surface area contributed by atoms with Crippen molar-refractivity contribution in [2.24, 2.45) is 0 Å². The van der Waals surface area contributed by atoms with Crippen molar-refractivity contribution < 1.29 is 4.79 Å². The van der Waals surface area contributed by atoms with Crippen LogP contribution in [0, 0.1) is 13.8 Å². The Morgan fingerprint density at radius 1 is 1.18 bits per heavy atom. The number of fused-ring (bicyclic) bond motifs is 1. The zero-order valence-electron chi connectivity index (χ0n) is 12.5. The number of hydrogen-bond donors (Lipinski definition) is 2. The summed E-state index contributed by atoms with van der Waals surface area (Å²) in [6.45, 7) is 3.99. The van der Waals surface area contributed by atoms with E-state index in [4.69, 9.17) is 0 Å². The van der Waals surface area contributed by atoms with Gasteiger partial charge >= 0.3 is 0 Å². The Labute approximate surface area is 137 Å². The summed E-state index contributed by atoms with van der Waals surface area (Å²) in [5.74, 6) is -0.00160. The minimum Gasteiger partial charge on any atom is -0.358 e. The van der Waals surface area contributed by atoms with Gasteiger partial charge in [-0.25, -0.2) is 0 Å². The van der Waals surface area contributed by atoms with Gasteiger partial charge in [0.15, 0.2) is 0 Å². The van der Waals surface area contributed by atoms with Crippen molar-refractivity contribution in [3.05, 3.63) is 63.8 Å². The maximum Gasteiger partial charge on any atom is 0.228 e. The van der Waals surface area contributed by atoms with Gasteiger partial charge in [-0.15, -0.1) is 0 Å². The number of aromatic amines is 1. The lowest BCUT2D eigenvalue weighted by atomic mass is 10.1. The molecule has 1 amide bonds. The summed E-state index contributed by atoms with van der Waals surface area (Å²) in [5, 5.41) is 4.11. The van der Waals surface area contributed by atoms with Crippen LogP contribution in [0.2, 0.25) is 0 Å². The molecule has 3 rings (SSSR count). The highest BCUT2D eigenvalue weighted by Gasteiger charge is 2.13. The second-order valence-corrected chi connectivity index (χ2v) is 6.37. The molecule has 3 nitrogen and oxygen atoms in total. The molecule has 0 radical (unpaired) electrons. The molecule has 0 atom stereocenters. The molecule has 0 aliphatic carbocycles. The van der Waals surface area contributed by atoms with Crippen LogP contribution in [0.5, 0.6) is 0 Å². The Bertz CT molecular complexity index is 851. The molecular weight excluding hydrogens is 340 g/mol. The molecule has 0 saturated carbocycles. The molecule has 0 saturated heterocycles. The van der Waals surface area contributed by atoms with E-state index in [1.54, 1.807) is 0 Å². The maximum atomic E-state index is 12.4. The van der Waals surface area contributed by atoms with Gasteiger partial charge < -0.3 is 10.3 Å². The Kier molecular flexibility index (Phi) is 4.03. The largest absolute Gasteiger partial charge is 0.358 e. The lowest BCUT2D eigenvalue weighted by Crippen LogP contribution is -2.15. The van der Waals surface area contributed by atoms with Crippen LogP contribution in [0.3, 0.4) is 0 Å². The first kappa shape index (κ1) is 14.9. The van der Waals surface area contributed by atoms with Gasteiger partial charge in [-0.2, -0.15) is 0 Å². The lowest BCUT2D eigenvalue weighted by molar-refractivity contribution is -0.115. The van der Waals surface area contributed by atoms with Crippen LogP contribution in [0.4, 0.5) is 5.69 Å². The molecule has 0 bridgehead atoms. The Morgan fingerprint density at radius 2 is 1.95 bits per heavy atom. The van der Waals surface area contributed by atoms with Gasteiger partial charge in [0.05, 0.1) is 6.42 Å². The summed E-state index contributed by atoms with van der Waals surface area (Å²) in [4.78, 5) is 15.7. The molecule has 0 unspecified atom stereocenters. The molecule has 2 N–H and O–H groups in total. The van der Waals surface area contributed by atoms with Crippen LogP contribution in [0.15, 0.2) is 46.9 Å². The summed E-state index contributed by atoms with van der Waals surface area (Å²) in [6, 6.07) is 13.9. The first-order valence-corrected chi connectivity index (χ1v) is 7.96. The minimum atomic E-state index is -0.00160. The van der Waals surface area contributed by atoms with Crippen LogP contribution in [-0.2, 0) is 11.2 Å². The van der Waals surface area contributed by atoms with E-state index in [0.29, 0.717) is 6.42 Å². The van der Waals surface area contributed by atoms with Crippen molar-refractivity contribution in [2.45, 2.75) is 20.3 Å². The second-order valence-electron chi connectivity index (χ2n) is 5.46. The number of nitrogens with one attached hydrogen (secondary N) is 2. The topological polar surface area (TPSA) is 44.9 Å². The molecule has 112 valence electrons. The minimum absolute atomic E-state index is 0.00160. The van der Waals surface area contributed by atoms with E-state index in [9.17, 15) is 4.79 Å². The molecule has 2 aromatic carbocycles. The van der Waals surface area contributed by atoms with Crippen LogP contribution < -0.4 is 5.32 Å². The Morgan fingerprint density at radius 3 is 2.73 bits per heavy atom. The summed E-state index contributed by atoms with van der Waals surface area (Å²) in [7, 11) is 0. The van der Waals surface area contributed by atoms with Gasteiger partial charge in [0, 0.05) is 26.8 Å². The molecule has 4 heteroatoms. The number of hydrogen-bond acceptors (Lipinski definition) is 1. The smallest absolute Gasteiger partial charge is 0.228 e. The van der Waals surface area contributed by atoms with Gasteiger partial charge in [-0.1, -0.05) is 34.1 Å². The third-order valence-corrected chi connectivity index (χ3v) is 4.32. The Hall–Kier alpha value is -2.07. The SMILES string of the molecule is Cc1cc(Br)ccc1NC(=O)Cc1c(C)[nH]c2ccccc12. The molecular formula is C18H17BrN2O. The van der Waals surface area contributed by atoms with Gasteiger partial charge in [0.1, 0.15) is 0 Å². The van der Waals surface area contributed by atoms with Gasteiger partial charge in [0.2, 0.25) is 5.91 Å². The number of para-hydroxylation sites is 1. The molecule has 1 heterocycles. The highest BCUT2D eigenvalue weighted by atomic mass is 79.9. The number of halogens is 1. The summed E-state index contributed by atoms with van der Waals surface area (Å²) >= 11 is 3.43. The Balaban J connectivity index is 1.83. The van der Waals surface area contributed by atoms with Crippen molar-refractivity contribution in [1.82, 2.24) is 4.98 Å². The monoisotopic (exact) mass is 356 g/mol. The van der Waals surface area contributed by atoms with Crippen LogP contribution in [0.25, 0.3) is 10.9 Å². The van der Waals surface area contributed by atoms with Crippen molar-refractivity contribution in [1.29, 1.82) is 0 Å².